The van der Waals surface area contributed by atoms with E-state index in [1.807, 2.05) is 6.07 Å². The lowest BCUT2D eigenvalue weighted by atomic mass is 10.5. The Morgan fingerprint density at radius 1 is 1.29 bits per heavy atom. The predicted molar refractivity (Wildman–Crippen MR) is 48.8 cm³/mol. The van der Waals surface area contributed by atoms with Gasteiger partial charge in [-0.3, -0.25) is 9.67 Å². The highest BCUT2D eigenvalue weighted by Crippen LogP contribution is 2.11. The second kappa shape index (κ2) is 2.63. The summed E-state index contributed by atoms with van der Waals surface area (Å²) in [4.78, 5) is 12.2. The summed E-state index contributed by atoms with van der Waals surface area (Å²) >= 11 is 0. The van der Waals surface area contributed by atoms with E-state index >= 15 is 0 Å². The Kier molecular flexibility index (Phi) is 1.35. The van der Waals surface area contributed by atoms with Gasteiger partial charge in [-0.1, -0.05) is 0 Å². The lowest BCUT2D eigenvalue weighted by molar-refractivity contribution is 0.963. The fourth-order valence-electron chi connectivity index (χ4n) is 1.32. The lowest BCUT2D eigenvalue weighted by Gasteiger charge is -1.95. The van der Waals surface area contributed by atoms with Crippen LogP contribution in [0.2, 0.25) is 0 Å². The van der Waals surface area contributed by atoms with Gasteiger partial charge in [-0.25, -0.2) is 15.0 Å². The van der Waals surface area contributed by atoms with E-state index in [4.69, 9.17) is 0 Å². The number of aromatic amines is 1. The van der Waals surface area contributed by atoms with Crippen LogP contribution in [0.1, 0.15) is 0 Å². The summed E-state index contributed by atoms with van der Waals surface area (Å²) in [6.07, 6.45) is 6.59. The monoisotopic (exact) mass is 186 g/mol. The molecule has 0 unspecified atom stereocenters. The van der Waals surface area contributed by atoms with Gasteiger partial charge in [-0.05, 0) is 0 Å². The summed E-state index contributed by atoms with van der Waals surface area (Å²) < 4.78 is 1.80. The van der Waals surface area contributed by atoms with Crippen LogP contribution in [-0.4, -0.2) is 29.7 Å². The summed E-state index contributed by atoms with van der Waals surface area (Å²) in [5.41, 5.74) is 1.52. The van der Waals surface area contributed by atoms with Crippen LogP contribution in [0.4, 0.5) is 0 Å². The number of hydrogen-bond acceptors (Lipinski definition) is 4. The molecular weight excluding hydrogens is 180 g/mol. The second-order valence-electron chi connectivity index (χ2n) is 2.78. The van der Waals surface area contributed by atoms with Gasteiger partial charge in [-0.15, -0.1) is 0 Å². The Morgan fingerprint density at radius 3 is 3.14 bits per heavy atom. The highest BCUT2D eigenvalue weighted by Gasteiger charge is 2.05. The zero-order chi connectivity index (χ0) is 9.38. The number of nitrogens with one attached hydrogen (secondary N) is 1. The number of imidazole rings is 1. The van der Waals surface area contributed by atoms with Crippen LogP contribution in [0.5, 0.6) is 0 Å². The third-order valence-electron chi connectivity index (χ3n) is 1.95. The first-order valence-corrected chi connectivity index (χ1v) is 4.08. The molecule has 0 aromatic carbocycles. The molecule has 0 saturated heterocycles. The minimum absolute atomic E-state index is 0.757. The van der Waals surface area contributed by atoms with E-state index in [1.54, 1.807) is 23.3 Å². The number of H-pyrrole nitrogens is 1. The molecule has 0 amide bonds. The van der Waals surface area contributed by atoms with Crippen molar-refractivity contribution in [3.8, 4) is 5.82 Å². The molecule has 68 valence electrons. The molecule has 3 rings (SSSR count). The average Bonchev–Trinajstić information content (AvgIpc) is 2.85. The van der Waals surface area contributed by atoms with Crippen LogP contribution in [0.25, 0.3) is 17.0 Å². The smallest absolute Gasteiger partial charge is 0.169 e. The molecule has 0 spiro atoms. The molecule has 0 fully saturated rings. The minimum atomic E-state index is 0.757. The quantitative estimate of drug-likeness (QED) is 0.602. The Balaban J connectivity index is 2.33. The van der Waals surface area contributed by atoms with Crippen LogP contribution >= 0.6 is 0 Å². The first-order valence-electron chi connectivity index (χ1n) is 4.08. The Morgan fingerprint density at radius 2 is 2.29 bits per heavy atom. The molecule has 0 bridgehead atoms. The van der Waals surface area contributed by atoms with Crippen molar-refractivity contribution in [2.75, 3.05) is 0 Å². The molecule has 1 N–H and O–H groups in total. The third-order valence-corrected chi connectivity index (χ3v) is 1.95. The van der Waals surface area contributed by atoms with Gasteiger partial charge in [0.15, 0.2) is 11.5 Å². The van der Waals surface area contributed by atoms with Crippen LogP contribution in [0.15, 0.2) is 31.1 Å². The Labute approximate surface area is 78.6 Å². The maximum absolute atomic E-state index is 4.16. The van der Waals surface area contributed by atoms with Crippen LogP contribution in [0, 0.1) is 0 Å². The van der Waals surface area contributed by atoms with Gasteiger partial charge in [0.05, 0.1) is 6.20 Å². The Bertz CT molecular complexity index is 552. The highest BCUT2D eigenvalue weighted by atomic mass is 15.2. The molecule has 3 heterocycles. The lowest BCUT2D eigenvalue weighted by Crippen LogP contribution is -1.94. The topological polar surface area (TPSA) is 72.3 Å². The molecule has 0 aliphatic rings. The number of nitrogens with zero attached hydrogens (tertiary/aromatic N) is 5. The van der Waals surface area contributed by atoms with Crippen molar-refractivity contribution < 1.29 is 0 Å². The van der Waals surface area contributed by atoms with Crippen molar-refractivity contribution in [1.82, 2.24) is 29.7 Å². The molecular formula is C8H6N6. The molecule has 0 aliphatic heterocycles. The van der Waals surface area contributed by atoms with Gasteiger partial charge in [0.1, 0.15) is 18.2 Å². The van der Waals surface area contributed by atoms with Gasteiger partial charge in [0, 0.05) is 12.3 Å². The first kappa shape index (κ1) is 7.19. The summed E-state index contributed by atoms with van der Waals surface area (Å²) in [5.74, 6) is 0.770. The van der Waals surface area contributed by atoms with E-state index in [-0.39, 0.29) is 0 Å². The maximum Gasteiger partial charge on any atom is 0.169 e. The third kappa shape index (κ3) is 0.905. The van der Waals surface area contributed by atoms with Crippen LogP contribution < -0.4 is 0 Å². The molecule has 3 aromatic rings. The van der Waals surface area contributed by atoms with Gasteiger partial charge < -0.3 is 0 Å². The molecule has 6 nitrogen and oxygen atoms in total. The van der Waals surface area contributed by atoms with Crippen molar-refractivity contribution in [3.05, 3.63) is 31.1 Å². The highest BCUT2D eigenvalue weighted by molar-refractivity contribution is 5.70. The van der Waals surface area contributed by atoms with Gasteiger partial charge in [0.2, 0.25) is 0 Å². The van der Waals surface area contributed by atoms with Crippen molar-refractivity contribution in [3.63, 3.8) is 0 Å². The fourth-order valence-corrected chi connectivity index (χ4v) is 1.32. The van der Waals surface area contributed by atoms with Crippen molar-refractivity contribution >= 4 is 11.2 Å². The largest absolute Gasteiger partial charge is 0.284 e. The summed E-state index contributed by atoms with van der Waals surface area (Å²) in [6, 6.07) is 1.85. The molecule has 3 aromatic heterocycles. The van der Waals surface area contributed by atoms with Crippen molar-refractivity contribution in [2.45, 2.75) is 0 Å². The molecule has 0 radical (unpaired) electrons. The van der Waals surface area contributed by atoms with Crippen molar-refractivity contribution in [2.24, 2.45) is 0 Å². The first-order chi connectivity index (χ1) is 6.95. The SMILES string of the molecule is c1ncc2ncn(-c3cc[nH]n3)c2n1. The number of hydrogen-bond donors (Lipinski definition) is 1. The van der Waals surface area contributed by atoms with Crippen LogP contribution in [0.3, 0.4) is 0 Å². The fraction of sp³-hybridized carbons (Fsp3) is 0. The standard InChI is InChI=1S/C8H6N6/c1-2-12-13-7(1)14-5-11-6-3-9-4-10-8(6)14/h1-5H,(H,12,13). The predicted octanol–water partition coefficient (Wildman–Crippen LogP) is 0.539. The van der Waals surface area contributed by atoms with Gasteiger partial charge in [0.25, 0.3) is 0 Å². The minimum Gasteiger partial charge on any atom is -0.284 e. The summed E-state index contributed by atoms with van der Waals surface area (Å²) in [7, 11) is 0. The molecule has 0 saturated carbocycles. The molecule has 0 aliphatic carbocycles. The van der Waals surface area contributed by atoms with E-state index in [0.717, 1.165) is 17.0 Å². The number of aromatic nitrogens is 6. The van der Waals surface area contributed by atoms with Gasteiger partial charge in [-0.2, -0.15) is 5.10 Å². The summed E-state index contributed by atoms with van der Waals surface area (Å²) in [6.45, 7) is 0. The Hall–Kier alpha value is -2.24. The van der Waals surface area contributed by atoms with E-state index in [0.29, 0.717) is 0 Å². The normalized spacial score (nSPS) is 10.9. The number of fused-ring (bicyclic) bond motifs is 1. The van der Waals surface area contributed by atoms with Crippen molar-refractivity contribution in [1.29, 1.82) is 0 Å². The molecule has 14 heavy (non-hydrogen) atoms. The molecule has 6 heteroatoms. The van der Waals surface area contributed by atoms with E-state index < -0.39 is 0 Å². The van der Waals surface area contributed by atoms with Crippen LogP contribution in [-0.2, 0) is 0 Å². The van der Waals surface area contributed by atoms with E-state index in [1.165, 1.54) is 6.33 Å². The van der Waals surface area contributed by atoms with Gasteiger partial charge >= 0.3 is 0 Å². The zero-order valence-electron chi connectivity index (χ0n) is 7.12. The second-order valence-corrected chi connectivity index (χ2v) is 2.78. The average molecular weight is 186 g/mol. The summed E-state index contributed by atoms with van der Waals surface area (Å²) in [5, 5.41) is 6.79. The zero-order valence-corrected chi connectivity index (χ0v) is 7.12. The number of rotatable bonds is 1. The van der Waals surface area contributed by atoms with E-state index in [2.05, 4.69) is 25.1 Å². The van der Waals surface area contributed by atoms with E-state index in [9.17, 15) is 0 Å². The maximum atomic E-state index is 4.16. The molecule has 0 atom stereocenters.